The van der Waals surface area contributed by atoms with Crippen LogP contribution in [0.15, 0.2) is 59.1 Å². The summed E-state index contributed by atoms with van der Waals surface area (Å²) in [6, 6.07) is 11.2. The first kappa shape index (κ1) is 18.3. The SMILES string of the molecule is CC1=CC(=C(C#N)C#N)C=C(C=Cc2ccc3c(c2)CCN2CCCCC32)O1. The first-order valence-electron chi connectivity index (χ1n) is 9.85. The zero-order valence-corrected chi connectivity index (χ0v) is 16.1. The van der Waals surface area contributed by atoms with Crippen molar-refractivity contribution in [2.45, 2.75) is 38.6 Å². The quantitative estimate of drug-likeness (QED) is 0.693. The Bertz CT molecular complexity index is 982. The van der Waals surface area contributed by atoms with Gasteiger partial charge in [-0.1, -0.05) is 30.7 Å². The van der Waals surface area contributed by atoms with Gasteiger partial charge in [0.05, 0.1) is 0 Å². The predicted molar refractivity (Wildman–Crippen MR) is 109 cm³/mol. The second-order valence-corrected chi connectivity index (χ2v) is 7.55. The van der Waals surface area contributed by atoms with Gasteiger partial charge in [0.2, 0.25) is 0 Å². The van der Waals surface area contributed by atoms with Crippen molar-refractivity contribution in [1.29, 1.82) is 10.5 Å². The molecule has 1 aromatic carbocycles. The van der Waals surface area contributed by atoms with Gasteiger partial charge in [-0.25, -0.2) is 0 Å². The van der Waals surface area contributed by atoms with E-state index in [2.05, 4.69) is 23.1 Å². The zero-order chi connectivity index (χ0) is 19.5. The van der Waals surface area contributed by atoms with Crippen molar-refractivity contribution in [3.8, 4) is 12.1 Å². The number of fused-ring (bicyclic) bond motifs is 3. The van der Waals surface area contributed by atoms with Gasteiger partial charge in [0.1, 0.15) is 29.2 Å². The van der Waals surface area contributed by atoms with Gasteiger partial charge in [-0.15, -0.1) is 0 Å². The number of nitrogens with zero attached hydrogens (tertiary/aromatic N) is 3. The fraction of sp³-hybridized carbons (Fsp3) is 0.333. The molecule has 1 aromatic rings. The number of hydrogen-bond donors (Lipinski definition) is 0. The molecule has 3 aliphatic heterocycles. The number of ether oxygens (including phenoxy) is 1. The summed E-state index contributed by atoms with van der Waals surface area (Å²) in [6.45, 7) is 4.21. The van der Waals surface area contributed by atoms with E-state index in [1.54, 1.807) is 12.2 Å². The number of rotatable bonds is 2. The highest BCUT2D eigenvalue weighted by atomic mass is 16.5. The van der Waals surface area contributed by atoms with Crippen molar-refractivity contribution >= 4 is 6.08 Å². The van der Waals surface area contributed by atoms with Crippen molar-refractivity contribution in [1.82, 2.24) is 4.90 Å². The molecule has 0 N–H and O–H groups in total. The smallest absolute Gasteiger partial charge is 0.137 e. The fourth-order valence-electron chi connectivity index (χ4n) is 4.36. The average molecular weight is 369 g/mol. The number of hydrogen-bond acceptors (Lipinski definition) is 4. The van der Waals surface area contributed by atoms with Crippen LogP contribution in [0.25, 0.3) is 6.08 Å². The van der Waals surface area contributed by atoms with E-state index in [0.29, 0.717) is 23.1 Å². The Morgan fingerprint density at radius 3 is 2.82 bits per heavy atom. The van der Waals surface area contributed by atoms with Crippen LogP contribution in [-0.4, -0.2) is 18.0 Å². The number of nitriles is 2. The summed E-state index contributed by atoms with van der Waals surface area (Å²) in [5.41, 5.74) is 4.78. The molecule has 140 valence electrons. The Morgan fingerprint density at radius 2 is 2.00 bits per heavy atom. The summed E-state index contributed by atoms with van der Waals surface area (Å²) in [7, 11) is 0. The molecule has 0 aromatic heterocycles. The summed E-state index contributed by atoms with van der Waals surface area (Å²) in [4.78, 5) is 2.63. The molecule has 4 rings (SSSR count). The second-order valence-electron chi connectivity index (χ2n) is 7.55. The lowest BCUT2D eigenvalue weighted by atomic mass is 9.86. The van der Waals surface area contributed by atoms with Gasteiger partial charge >= 0.3 is 0 Å². The molecule has 4 nitrogen and oxygen atoms in total. The van der Waals surface area contributed by atoms with Gasteiger partial charge in [-0.05, 0) is 67.6 Å². The molecule has 0 saturated carbocycles. The molecule has 0 spiro atoms. The lowest BCUT2D eigenvalue weighted by Gasteiger charge is -2.40. The highest BCUT2D eigenvalue weighted by molar-refractivity contribution is 5.58. The van der Waals surface area contributed by atoms with Gasteiger partial charge < -0.3 is 4.74 Å². The van der Waals surface area contributed by atoms with Crippen molar-refractivity contribution in [3.05, 3.63) is 75.8 Å². The van der Waals surface area contributed by atoms with Crippen molar-refractivity contribution in [2.24, 2.45) is 0 Å². The minimum atomic E-state index is 0.0966. The molecular weight excluding hydrogens is 346 g/mol. The molecular formula is C24H23N3O. The molecule has 3 aliphatic rings. The number of allylic oxidation sites excluding steroid dienone is 6. The average Bonchev–Trinajstić information content (AvgIpc) is 2.72. The Kier molecular flexibility index (Phi) is 5.15. The van der Waals surface area contributed by atoms with E-state index in [1.165, 1.54) is 36.9 Å². The molecule has 0 aliphatic carbocycles. The van der Waals surface area contributed by atoms with Crippen LogP contribution in [0.5, 0.6) is 0 Å². The van der Waals surface area contributed by atoms with Gasteiger partial charge in [0.15, 0.2) is 0 Å². The maximum absolute atomic E-state index is 9.10. The van der Waals surface area contributed by atoms with Crippen LogP contribution in [0.1, 0.15) is 48.9 Å². The van der Waals surface area contributed by atoms with E-state index in [-0.39, 0.29) is 5.57 Å². The molecule has 4 heteroatoms. The van der Waals surface area contributed by atoms with Gasteiger partial charge in [0, 0.05) is 18.2 Å². The third kappa shape index (κ3) is 3.65. The predicted octanol–water partition coefficient (Wildman–Crippen LogP) is 4.94. The molecule has 1 atom stereocenters. The van der Waals surface area contributed by atoms with Crippen LogP contribution in [0.4, 0.5) is 0 Å². The maximum atomic E-state index is 9.10. The Labute approximate surface area is 166 Å². The van der Waals surface area contributed by atoms with E-state index in [0.717, 1.165) is 18.5 Å². The second kappa shape index (κ2) is 7.89. The van der Waals surface area contributed by atoms with Crippen molar-refractivity contribution in [2.75, 3.05) is 13.1 Å². The van der Waals surface area contributed by atoms with Gasteiger partial charge in [-0.2, -0.15) is 10.5 Å². The standard InChI is InChI=1S/C24H23N3O/c1-17-12-20(21(15-25)16-26)14-22(28-17)7-5-18-6-8-23-19(13-18)9-11-27-10-3-2-4-24(23)27/h5-8,12-14,24H,2-4,9-11H2,1H3. The summed E-state index contributed by atoms with van der Waals surface area (Å²) in [5.74, 6) is 1.30. The van der Waals surface area contributed by atoms with Crippen LogP contribution < -0.4 is 0 Å². The van der Waals surface area contributed by atoms with Crippen molar-refractivity contribution < 1.29 is 4.74 Å². The molecule has 1 unspecified atom stereocenters. The van der Waals surface area contributed by atoms with E-state index in [1.807, 2.05) is 31.2 Å². The molecule has 1 fully saturated rings. The third-order valence-corrected chi connectivity index (χ3v) is 5.70. The highest BCUT2D eigenvalue weighted by Gasteiger charge is 2.29. The Morgan fingerprint density at radius 1 is 1.14 bits per heavy atom. The minimum Gasteiger partial charge on any atom is -0.462 e. The Balaban J connectivity index is 1.57. The van der Waals surface area contributed by atoms with Crippen LogP contribution in [0.2, 0.25) is 0 Å². The van der Waals surface area contributed by atoms with E-state index < -0.39 is 0 Å². The van der Waals surface area contributed by atoms with Crippen LogP contribution in [0.3, 0.4) is 0 Å². The van der Waals surface area contributed by atoms with E-state index in [4.69, 9.17) is 15.3 Å². The largest absolute Gasteiger partial charge is 0.462 e. The monoisotopic (exact) mass is 369 g/mol. The summed E-state index contributed by atoms with van der Waals surface area (Å²) < 4.78 is 5.74. The van der Waals surface area contributed by atoms with Crippen LogP contribution in [0, 0.1) is 22.7 Å². The molecule has 28 heavy (non-hydrogen) atoms. The lowest BCUT2D eigenvalue weighted by Crippen LogP contribution is -2.38. The van der Waals surface area contributed by atoms with Gasteiger partial charge in [0.25, 0.3) is 0 Å². The minimum absolute atomic E-state index is 0.0966. The van der Waals surface area contributed by atoms with Crippen molar-refractivity contribution in [3.63, 3.8) is 0 Å². The third-order valence-electron chi connectivity index (χ3n) is 5.70. The summed E-state index contributed by atoms with van der Waals surface area (Å²) in [5, 5.41) is 18.2. The summed E-state index contributed by atoms with van der Waals surface area (Å²) in [6.07, 6.45) is 12.4. The van der Waals surface area contributed by atoms with E-state index >= 15 is 0 Å². The topological polar surface area (TPSA) is 60.0 Å². The zero-order valence-electron chi connectivity index (χ0n) is 16.1. The number of piperidine rings is 1. The molecule has 0 bridgehead atoms. The fourth-order valence-corrected chi connectivity index (χ4v) is 4.36. The van der Waals surface area contributed by atoms with Crippen LogP contribution in [-0.2, 0) is 11.2 Å². The molecule has 3 heterocycles. The normalized spacial score (nSPS) is 21.5. The summed E-state index contributed by atoms with van der Waals surface area (Å²) >= 11 is 0. The molecule has 0 amide bonds. The first-order chi connectivity index (χ1) is 13.7. The van der Waals surface area contributed by atoms with Gasteiger partial charge in [-0.3, -0.25) is 4.90 Å². The maximum Gasteiger partial charge on any atom is 0.137 e. The molecule has 0 radical (unpaired) electrons. The lowest BCUT2D eigenvalue weighted by molar-refractivity contribution is 0.138. The first-order valence-corrected chi connectivity index (χ1v) is 9.85. The van der Waals surface area contributed by atoms with Crippen LogP contribution >= 0.6 is 0 Å². The highest BCUT2D eigenvalue weighted by Crippen LogP contribution is 2.37. The molecule has 1 saturated heterocycles. The van der Waals surface area contributed by atoms with E-state index in [9.17, 15) is 0 Å². The number of benzene rings is 1. The Hall–Kier alpha value is -3.08.